The second kappa shape index (κ2) is 8.57. The first kappa shape index (κ1) is 16.5. The fourth-order valence-corrected chi connectivity index (χ4v) is 1.48. The normalized spacial score (nSPS) is 9.76. The first-order chi connectivity index (χ1) is 10.0. The molecule has 0 atom stereocenters. The summed E-state index contributed by atoms with van der Waals surface area (Å²) in [5.74, 6) is -1.08. The van der Waals surface area contributed by atoms with E-state index in [9.17, 15) is 14.4 Å². The summed E-state index contributed by atoms with van der Waals surface area (Å²) in [6, 6.07) is 6.47. The van der Waals surface area contributed by atoms with Crippen LogP contribution in [0.1, 0.15) is 19.8 Å². The minimum Gasteiger partial charge on any atom is -0.484 e. The standard InChI is InChI=1S/C14H18N2O5/c1-2-15-13(18)9-21-11-5-3-10(4-6-11)16-12(17)7-8-14(19)20/h3-6H,2,7-9H2,1H3,(H,15,18)(H,16,17)(H,19,20). The van der Waals surface area contributed by atoms with Crippen LogP contribution < -0.4 is 15.4 Å². The molecular formula is C14H18N2O5. The van der Waals surface area contributed by atoms with Crippen LogP contribution in [0.2, 0.25) is 0 Å². The summed E-state index contributed by atoms with van der Waals surface area (Å²) < 4.78 is 5.26. The number of aliphatic carboxylic acids is 1. The third-order valence-electron chi connectivity index (χ3n) is 2.45. The monoisotopic (exact) mass is 294 g/mol. The summed E-state index contributed by atoms with van der Waals surface area (Å²) in [6.07, 6.45) is -0.287. The maximum atomic E-state index is 11.4. The Morgan fingerprint density at radius 2 is 1.76 bits per heavy atom. The van der Waals surface area contributed by atoms with E-state index in [1.54, 1.807) is 24.3 Å². The average molecular weight is 294 g/mol. The minimum absolute atomic E-state index is 0.0713. The van der Waals surface area contributed by atoms with Crippen molar-refractivity contribution in [3.63, 3.8) is 0 Å². The van der Waals surface area contributed by atoms with E-state index in [2.05, 4.69) is 10.6 Å². The zero-order valence-corrected chi connectivity index (χ0v) is 11.7. The van der Waals surface area contributed by atoms with E-state index >= 15 is 0 Å². The Balaban J connectivity index is 2.41. The molecule has 21 heavy (non-hydrogen) atoms. The second-order valence-corrected chi connectivity index (χ2v) is 4.21. The molecule has 1 aromatic rings. The quantitative estimate of drug-likeness (QED) is 0.663. The van der Waals surface area contributed by atoms with Gasteiger partial charge >= 0.3 is 5.97 Å². The van der Waals surface area contributed by atoms with Gasteiger partial charge < -0.3 is 20.5 Å². The van der Waals surface area contributed by atoms with Crippen LogP contribution in [0, 0.1) is 0 Å². The van der Waals surface area contributed by atoms with Crippen molar-refractivity contribution in [2.24, 2.45) is 0 Å². The van der Waals surface area contributed by atoms with E-state index in [1.165, 1.54) is 0 Å². The summed E-state index contributed by atoms with van der Waals surface area (Å²) in [7, 11) is 0. The van der Waals surface area contributed by atoms with Crippen molar-refractivity contribution in [1.82, 2.24) is 5.32 Å². The van der Waals surface area contributed by atoms with Gasteiger partial charge in [0, 0.05) is 18.7 Å². The zero-order chi connectivity index (χ0) is 15.7. The molecule has 3 N–H and O–H groups in total. The van der Waals surface area contributed by atoms with Gasteiger partial charge in [0.05, 0.1) is 6.42 Å². The van der Waals surface area contributed by atoms with Crippen molar-refractivity contribution in [1.29, 1.82) is 0 Å². The number of carboxylic acids is 1. The summed E-state index contributed by atoms with van der Waals surface area (Å²) in [6.45, 7) is 2.29. The molecule has 2 amide bonds. The Kier molecular flexibility index (Phi) is 6.73. The van der Waals surface area contributed by atoms with Crippen LogP contribution in [0.3, 0.4) is 0 Å². The highest BCUT2D eigenvalue weighted by atomic mass is 16.5. The van der Waals surface area contributed by atoms with Gasteiger partial charge in [-0.3, -0.25) is 14.4 Å². The van der Waals surface area contributed by atoms with E-state index in [1.807, 2.05) is 6.92 Å². The number of carboxylic acid groups (broad SMARTS) is 1. The van der Waals surface area contributed by atoms with Gasteiger partial charge in [-0.2, -0.15) is 0 Å². The number of anilines is 1. The van der Waals surface area contributed by atoms with Gasteiger partial charge in [-0.1, -0.05) is 0 Å². The summed E-state index contributed by atoms with van der Waals surface area (Å²) in [5.41, 5.74) is 0.538. The fourth-order valence-electron chi connectivity index (χ4n) is 1.48. The number of carbonyl (C=O) groups is 3. The molecule has 1 rings (SSSR count). The zero-order valence-electron chi connectivity index (χ0n) is 11.7. The maximum absolute atomic E-state index is 11.4. The molecule has 0 heterocycles. The van der Waals surface area contributed by atoms with E-state index in [4.69, 9.17) is 9.84 Å². The van der Waals surface area contributed by atoms with E-state index in [0.29, 0.717) is 18.0 Å². The number of likely N-dealkylation sites (N-methyl/N-ethyl adjacent to an activating group) is 1. The van der Waals surface area contributed by atoms with Crippen LogP contribution in [0.25, 0.3) is 0 Å². The van der Waals surface area contributed by atoms with Crippen molar-refractivity contribution in [3.8, 4) is 5.75 Å². The van der Waals surface area contributed by atoms with Crippen molar-refractivity contribution >= 4 is 23.5 Å². The molecular weight excluding hydrogens is 276 g/mol. The minimum atomic E-state index is -1.01. The highest BCUT2D eigenvalue weighted by Gasteiger charge is 2.06. The Morgan fingerprint density at radius 1 is 1.10 bits per heavy atom. The van der Waals surface area contributed by atoms with Crippen LogP contribution in [-0.2, 0) is 14.4 Å². The number of hydrogen-bond acceptors (Lipinski definition) is 4. The van der Waals surface area contributed by atoms with Crippen molar-refractivity contribution < 1.29 is 24.2 Å². The molecule has 0 fully saturated rings. The van der Waals surface area contributed by atoms with Gasteiger partial charge in [0.1, 0.15) is 5.75 Å². The predicted octanol–water partition coefficient (Wildman–Crippen LogP) is 1.00. The Morgan fingerprint density at radius 3 is 2.33 bits per heavy atom. The number of nitrogens with one attached hydrogen (secondary N) is 2. The van der Waals surface area contributed by atoms with Crippen LogP contribution >= 0.6 is 0 Å². The molecule has 0 aliphatic heterocycles. The molecule has 1 aromatic carbocycles. The number of ether oxygens (including phenoxy) is 1. The molecule has 0 aliphatic carbocycles. The third-order valence-corrected chi connectivity index (χ3v) is 2.45. The summed E-state index contributed by atoms with van der Waals surface area (Å²) >= 11 is 0. The number of rotatable bonds is 8. The van der Waals surface area contributed by atoms with E-state index < -0.39 is 5.97 Å². The third kappa shape index (κ3) is 6.95. The van der Waals surface area contributed by atoms with Gasteiger partial charge in [-0.15, -0.1) is 0 Å². The molecule has 114 valence electrons. The smallest absolute Gasteiger partial charge is 0.303 e. The summed E-state index contributed by atoms with van der Waals surface area (Å²) in [5, 5.41) is 13.7. The lowest BCUT2D eigenvalue weighted by molar-refractivity contribution is -0.138. The molecule has 0 saturated heterocycles. The Labute approximate surface area is 122 Å². The highest BCUT2D eigenvalue weighted by Crippen LogP contribution is 2.15. The van der Waals surface area contributed by atoms with Crippen molar-refractivity contribution in [2.45, 2.75) is 19.8 Å². The molecule has 0 aromatic heterocycles. The lowest BCUT2D eigenvalue weighted by Crippen LogP contribution is -2.28. The fraction of sp³-hybridized carbons (Fsp3) is 0.357. The molecule has 0 radical (unpaired) electrons. The Hall–Kier alpha value is -2.57. The lowest BCUT2D eigenvalue weighted by atomic mass is 10.2. The molecule has 0 spiro atoms. The molecule has 7 heteroatoms. The first-order valence-corrected chi connectivity index (χ1v) is 6.52. The number of hydrogen-bond donors (Lipinski definition) is 3. The molecule has 0 saturated carbocycles. The van der Waals surface area contributed by atoms with Gasteiger partial charge in [0.15, 0.2) is 6.61 Å². The Bertz CT molecular complexity index is 499. The number of carbonyl (C=O) groups excluding carboxylic acids is 2. The van der Waals surface area contributed by atoms with Crippen LogP contribution in [0.15, 0.2) is 24.3 Å². The van der Waals surface area contributed by atoms with Gasteiger partial charge in [-0.25, -0.2) is 0 Å². The van der Waals surface area contributed by atoms with E-state index in [-0.39, 0.29) is 31.3 Å². The molecule has 0 aliphatic rings. The summed E-state index contributed by atoms with van der Waals surface area (Å²) in [4.78, 5) is 33.0. The van der Waals surface area contributed by atoms with Gasteiger partial charge in [-0.05, 0) is 31.2 Å². The van der Waals surface area contributed by atoms with Crippen molar-refractivity contribution in [2.75, 3.05) is 18.5 Å². The van der Waals surface area contributed by atoms with Gasteiger partial charge in [0.2, 0.25) is 5.91 Å². The van der Waals surface area contributed by atoms with Crippen LogP contribution in [0.4, 0.5) is 5.69 Å². The topological polar surface area (TPSA) is 105 Å². The average Bonchev–Trinajstić information content (AvgIpc) is 2.45. The number of benzene rings is 1. The van der Waals surface area contributed by atoms with Gasteiger partial charge in [0.25, 0.3) is 5.91 Å². The lowest BCUT2D eigenvalue weighted by Gasteiger charge is -2.08. The highest BCUT2D eigenvalue weighted by molar-refractivity contribution is 5.92. The molecule has 0 bridgehead atoms. The van der Waals surface area contributed by atoms with Crippen molar-refractivity contribution in [3.05, 3.63) is 24.3 Å². The molecule has 7 nitrogen and oxygen atoms in total. The largest absolute Gasteiger partial charge is 0.484 e. The molecule has 0 unspecified atom stereocenters. The first-order valence-electron chi connectivity index (χ1n) is 6.52. The SMILES string of the molecule is CCNC(=O)COc1ccc(NC(=O)CCC(=O)O)cc1. The predicted molar refractivity (Wildman–Crippen MR) is 76.1 cm³/mol. The van der Waals surface area contributed by atoms with Crippen LogP contribution in [-0.4, -0.2) is 36.0 Å². The van der Waals surface area contributed by atoms with E-state index in [0.717, 1.165) is 0 Å². The second-order valence-electron chi connectivity index (χ2n) is 4.21. The maximum Gasteiger partial charge on any atom is 0.303 e. The van der Waals surface area contributed by atoms with Crippen LogP contribution in [0.5, 0.6) is 5.75 Å². The number of amides is 2.